The number of allylic oxidation sites excluding steroid dienone is 5. The summed E-state index contributed by atoms with van der Waals surface area (Å²) >= 11 is 0. The summed E-state index contributed by atoms with van der Waals surface area (Å²) in [5.74, 6) is 0. The van der Waals surface area contributed by atoms with Crippen LogP contribution in [0.4, 0.5) is 0 Å². The molecule has 0 bridgehead atoms. The lowest BCUT2D eigenvalue weighted by Gasteiger charge is -1.79. The zero-order chi connectivity index (χ0) is 6.95. The van der Waals surface area contributed by atoms with E-state index in [0.29, 0.717) is 0 Å². The lowest BCUT2D eigenvalue weighted by atomic mass is 10.4. The van der Waals surface area contributed by atoms with Crippen molar-refractivity contribution >= 4 is 0 Å². The molecule has 0 aromatic rings. The molecule has 0 unspecified atom stereocenters. The van der Waals surface area contributed by atoms with Gasteiger partial charge in [0.2, 0.25) is 0 Å². The van der Waals surface area contributed by atoms with E-state index in [2.05, 4.69) is 4.74 Å². The normalized spacial score (nSPS) is 12.2. The Morgan fingerprint density at radius 1 is 1.00 bits per heavy atom. The van der Waals surface area contributed by atoms with E-state index in [1.54, 1.807) is 13.4 Å². The molecule has 0 aromatic heterocycles. The molecule has 0 spiro atoms. The van der Waals surface area contributed by atoms with Crippen LogP contribution in [-0.4, -0.2) is 7.11 Å². The molecule has 0 aliphatic carbocycles. The minimum atomic E-state index is 1.62. The molecule has 0 saturated heterocycles. The Morgan fingerprint density at radius 3 is 2.22 bits per heavy atom. The van der Waals surface area contributed by atoms with Gasteiger partial charge >= 0.3 is 0 Å². The molecular weight excluding hydrogens is 112 g/mol. The second-order valence-corrected chi connectivity index (χ2v) is 1.47. The van der Waals surface area contributed by atoms with Crippen molar-refractivity contribution in [3.05, 3.63) is 36.6 Å². The first-order valence-electron chi connectivity index (χ1n) is 2.89. The molecule has 1 heteroatoms. The quantitative estimate of drug-likeness (QED) is 0.414. The molecule has 0 radical (unpaired) electrons. The molecule has 9 heavy (non-hydrogen) atoms. The van der Waals surface area contributed by atoms with Gasteiger partial charge in [-0.1, -0.05) is 24.3 Å². The Labute approximate surface area is 56.3 Å². The highest BCUT2D eigenvalue weighted by atomic mass is 16.5. The van der Waals surface area contributed by atoms with E-state index < -0.39 is 0 Å². The molecule has 0 heterocycles. The maximum atomic E-state index is 4.67. The van der Waals surface area contributed by atoms with Crippen molar-refractivity contribution in [2.45, 2.75) is 6.92 Å². The molecule has 0 saturated carbocycles. The SMILES string of the molecule is CC=CC=CC=COC. The van der Waals surface area contributed by atoms with Gasteiger partial charge in [-0.05, 0) is 13.0 Å². The van der Waals surface area contributed by atoms with Gasteiger partial charge in [0.25, 0.3) is 0 Å². The van der Waals surface area contributed by atoms with Crippen molar-refractivity contribution in [1.29, 1.82) is 0 Å². The van der Waals surface area contributed by atoms with Gasteiger partial charge < -0.3 is 4.74 Å². The van der Waals surface area contributed by atoms with Crippen molar-refractivity contribution < 1.29 is 4.74 Å². The van der Waals surface area contributed by atoms with Gasteiger partial charge in [0.1, 0.15) is 0 Å². The largest absolute Gasteiger partial charge is 0.504 e. The van der Waals surface area contributed by atoms with E-state index in [9.17, 15) is 0 Å². The van der Waals surface area contributed by atoms with Crippen LogP contribution in [0.2, 0.25) is 0 Å². The molecule has 0 aliphatic heterocycles. The van der Waals surface area contributed by atoms with Gasteiger partial charge in [-0.25, -0.2) is 0 Å². The minimum Gasteiger partial charge on any atom is -0.504 e. The maximum absolute atomic E-state index is 4.67. The Balaban J connectivity index is 3.35. The standard InChI is InChI=1S/C8H12O/c1-3-4-5-6-7-8-9-2/h3-8H,1-2H3. The highest BCUT2D eigenvalue weighted by Crippen LogP contribution is 1.78. The van der Waals surface area contributed by atoms with Crippen LogP contribution in [0.15, 0.2) is 36.6 Å². The van der Waals surface area contributed by atoms with E-state index in [1.807, 2.05) is 37.3 Å². The number of methoxy groups -OCH3 is 1. The van der Waals surface area contributed by atoms with Crippen molar-refractivity contribution in [2.24, 2.45) is 0 Å². The topological polar surface area (TPSA) is 9.23 Å². The molecule has 0 rings (SSSR count). The van der Waals surface area contributed by atoms with E-state index in [-0.39, 0.29) is 0 Å². The molecule has 50 valence electrons. The molecule has 0 aromatic carbocycles. The first kappa shape index (κ1) is 8.02. The second-order valence-electron chi connectivity index (χ2n) is 1.47. The zero-order valence-electron chi connectivity index (χ0n) is 5.87. The summed E-state index contributed by atoms with van der Waals surface area (Å²) in [5.41, 5.74) is 0. The van der Waals surface area contributed by atoms with Crippen LogP contribution >= 0.6 is 0 Å². The van der Waals surface area contributed by atoms with Crippen LogP contribution < -0.4 is 0 Å². The van der Waals surface area contributed by atoms with Gasteiger partial charge in [0.05, 0.1) is 13.4 Å². The fourth-order valence-corrected chi connectivity index (χ4v) is 0.363. The maximum Gasteiger partial charge on any atom is 0.0824 e. The molecule has 0 N–H and O–H groups in total. The van der Waals surface area contributed by atoms with E-state index in [0.717, 1.165) is 0 Å². The average Bonchev–Trinajstić information content (AvgIpc) is 1.89. The first-order valence-corrected chi connectivity index (χ1v) is 2.89. The Morgan fingerprint density at radius 2 is 1.67 bits per heavy atom. The summed E-state index contributed by atoms with van der Waals surface area (Å²) in [4.78, 5) is 0. The fourth-order valence-electron chi connectivity index (χ4n) is 0.363. The summed E-state index contributed by atoms with van der Waals surface area (Å²) in [7, 11) is 1.62. The van der Waals surface area contributed by atoms with Crippen LogP contribution in [0.3, 0.4) is 0 Å². The van der Waals surface area contributed by atoms with Crippen molar-refractivity contribution in [3.63, 3.8) is 0 Å². The Kier molecular flexibility index (Phi) is 6.26. The predicted octanol–water partition coefficient (Wildman–Crippen LogP) is 2.28. The van der Waals surface area contributed by atoms with E-state index >= 15 is 0 Å². The van der Waals surface area contributed by atoms with Crippen LogP contribution in [0.1, 0.15) is 6.92 Å². The van der Waals surface area contributed by atoms with Gasteiger partial charge in [-0.15, -0.1) is 0 Å². The summed E-state index contributed by atoms with van der Waals surface area (Å²) in [6, 6.07) is 0. The van der Waals surface area contributed by atoms with Gasteiger partial charge in [0.15, 0.2) is 0 Å². The number of hydrogen-bond acceptors (Lipinski definition) is 1. The Hall–Kier alpha value is -0.980. The summed E-state index contributed by atoms with van der Waals surface area (Å²) in [6.45, 7) is 1.98. The summed E-state index contributed by atoms with van der Waals surface area (Å²) < 4.78 is 4.67. The van der Waals surface area contributed by atoms with Gasteiger partial charge in [-0.2, -0.15) is 0 Å². The van der Waals surface area contributed by atoms with Crippen molar-refractivity contribution in [1.82, 2.24) is 0 Å². The molecule has 0 aliphatic rings. The second kappa shape index (κ2) is 7.02. The molecule has 0 amide bonds. The lowest BCUT2D eigenvalue weighted by Crippen LogP contribution is -1.60. The molecule has 0 fully saturated rings. The predicted molar refractivity (Wildman–Crippen MR) is 40.1 cm³/mol. The highest BCUT2D eigenvalue weighted by molar-refractivity contribution is 5.08. The Bertz CT molecular complexity index is 121. The van der Waals surface area contributed by atoms with Crippen molar-refractivity contribution in [3.8, 4) is 0 Å². The first-order chi connectivity index (χ1) is 4.41. The van der Waals surface area contributed by atoms with Crippen LogP contribution in [0.25, 0.3) is 0 Å². The van der Waals surface area contributed by atoms with Crippen molar-refractivity contribution in [2.75, 3.05) is 7.11 Å². The van der Waals surface area contributed by atoms with E-state index in [1.165, 1.54) is 0 Å². The third-order valence-electron chi connectivity index (χ3n) is 0.740. The van der Waals surface area contributed by atoms with Crippen LogP contribution in [0.5, 0.6) is 0 Å². The van der Waals surface area contributed by atoms with Crippen LogP contribution in [-0.2, 0) is 4.74 Å². The van der Waals surface area contributed by atoms with Gasteiger partial charge in [0, 0.05) is 0 Å². The zero-order valence-corrected chi connectivity index (χ0v) is 5.87. The smallest absolute Gasteiger partial charge is 0.0824 e. The number of rotatable bonds is 3. The van der Waals surface area contributed by atoms with Gasteiger partial charge in [-0.3, -0.25) is 0 Å². The summed E-state index contributed by atoms with van der Waals surface area (Å²) in [5, 5.41) is 0. The number of hydrogen-bond donors (Lipinski definition) is 0. The van der Waals surface area contributed by atoms with Crippen LogP contribution in [0, 0.1) is 0 Å². The molecule has 1 nitrogen and oxygen atoms in total. The molecular formula is C8H12O. The monoisotopic (exact) mass is 124 g/mol. The minimum absolute atomic E-state index is 1.62. The lowest BCUT2D eigenvalue weighted by molar-refractivity contribution is 0.338. The highest BCUT2D eigenvalue weighted by Gasteiger charge is 1.59. The fraction of sp³-hybridized carbons (Fsp3) is 0.250. The third-order valence-corrected chi connectivity index (χ3v) is 0.740. The number of ether oxygens (including phenoxy) is 1. The molecule has 0 atom stereocenters. The average molecular weight is 124 g/mol. The summed E-state index contributed by atoms with van der Waals surface area (Å²) in [6.07, 6.45) is 11.2. The third kappa shape index (κ3) is 7.02. The van der Waals surface area contributed by atoms with E-state index in [4.69, 9.17) is 0 Å².